The summed E-state index contributed by atoms with van der Waals surface area (Å²) in [4.78, 5) is 27.1. The van der Waals surface area contributed by atoms with E-state index >= 15 is 0 Å². The first-order valence-electron chi connectivity index (χ1n) is 5.42. The fourth-order valence-electron chi connectivity index (χ4n) is 2.23. The Morgan fingerprint density at radius 2 is 2.35 bits per heavy atom. The van der Waals surface area contributed by atoms with Gasteiger partial charge in [0.15, 0.2) is 6.10 Å². The van der Waals surface area contributed by atoms with Gasteiger partial charge in [0, 0.05) is 7.05 Å². The zero-order chi connectivity index (χ0) is 12.6. The molecule has 17 heavy (non-hydrogen) atoms. The van der Waals surface area contributed by atoms with Crippen molar-refractivity contribution in [2.45, 2.75) is 19.4 Å². The normalized spacial score (nSPS) is 28.2. The fraction of sp³-hybridized carbons (Fsp3) is 0.545. The molecule has 6 heteroatoms. The van der Waals surface area contributed by atoms with Crippen LogP contribution in [0.2, 0.25) is 0 Å². The molecule has 0 aliphatic carbocycles. The number of carbonyl (C=O) groups is 2. The average Bonchev–Trinajstić information content (AvgIpc) is 2.81. The predicted octanol–water partition coefficient (Wildman–Crippen LogP) is 1.43. The highest BCUT2D eigenvalue weighted by molar-refractivity contribution is 6.64. The van der Waals surface area contributed by atoms with Crippen LogP contribution >= 0.6 is 11.6 Å². The highest BCUT2D eigenvalue weighted by Gasteiger charge is 2.48. The van der Waals surface area contributed by atoms with E-state index in [0.29, 0.717) is 12.1 Å². The van der Waals surface area contributed by atoms with E-state index in [2.05, 4.69) is 4.98 Å². The quantitative estimate of drug-likeness (QED) is 0.606. The molecule has 1 saturated heterocycles. The van der Waals surface area contributed by atoms with Crippen molar-refractivity contribution in [3.05, 3.63) is 18.2 Å². The summed E-state index contributed by atoms with van der Waals surface area (Å²) in [5.41, 5.74) is 0.688. The molecule has 3 atom stereocenters. The monoisotopic (exact) mass is 256 g/mol. The molecule has 1 aromatic heterocycles. The van der Waals surface area contributed by atoms with E-state index in [0.717, 1.165) is 0 Å². The van der Waals surface area contributed by atoms with Crippen molar-refractivity contribution in [3.8, 4) is 0 Å². The molecule has 92 valence electrons. The number of ether oxygens (including phenoxy) is 1. The molecule has 0 N–H and O–H groups in total. The Hall–Kier alpha value is -1.36. The molecule has 1 aromatic rings. The number of hydrogen-bond acceptors (Lipinski definition) is 4. The zero-order valence-electron chi connectivity index (χ0n) is 9.59. The first kappa shape index (κ1) is 12.1. The van der Waals surface area contributed by atoms with E-state index in [4.69, 9.17) is 16.3 Å². The Kier molecular flexibility index (Phi) is 3.19. The number of carbonyl (C=O) groups excluding carboxylic acids is 2. The van der Waals surface area contributed by atoms with Crippen molar-refractivity contribution in [3.63, 3.8) is 0 Å². The number of esters is 1. The second-order valence-electron chi connectivity index (χ2n) is 4.13. The molecule has 5 nitrogen and oxygen atoms in total. The maximum Gasteiger partial charge on any atom is 0.310 e. The number of rotatable bonds is 3. The zero-order valence-corrected chi connectivity index (χ0v) is 10.3. The summed E-state index contributed by atoms with van der Waals surface area (Å²) in [6.45, 7) is 1.84. The fourth-order valence-corrected chi connectivity index (χ4v) is 2.49. The van der Waals surface area contributed by atoms with Crippen LogP contribution in [0, 0.1) is 11.8 Å². The van der Waals surface area contributed by atoms with Crippen LogP contribution in [-0.4, -0.2) is 20.8 Å². The van der Waals surface area contributed by atoms with Crippen LogP contribution < -0.4 is 0 Å². The molecular formula is C11H13ClN2O3. The molecule has 1 aliphatic rings. The lowest BCUT2D eigenvalue weighted by Gasteiger charge is -2.16. The third kappa shape index (κ3) is 1.95. The van der Waals surface area contributed by atoms with Gasteiger partial charge in [0.05, 0.1) is 30.1 Å². The number of halogens is 1. The van der Waals surface area contributed by atoms with E-state index in [1.807, 2.05) is 6.92 Å². The molecule has 0 bridgehead atoms. The topological polar surface area (TPSA) is 61.2 Å². The van der Waals surface area contributed by atoms with Gasteiger partial charge in [0.1, 0.15) is 0 Å². The Balaban J connectivity index is 2.38. The Labute approximate surface area is 104 Å². The summed E-state index contributed by atoms with van der Waals surface area (Å²) >= 11 is 5.59. The van der Waals surface area contributed by atoms with Gasteiger partial charge in [-0.15, -0.1) is 0 Å². The van der Waals surface area contributed by atoms with Crippen molar-refractivity contribution >= 4 is 22.8 Å². The molecule has 0 spiro atoms. The van der Waals surface area contributed by atoms with Crippen LogP contribution in [0.25, 0.3) is 0 Å². The Morgan fingerprint density at radius 1 is 1.65 bits per heavy atom. The lowest BCUT2D eigenvalue weighted by atomic mass is 9.88. The lowest BCUT2D eigenvalue weighted by molar-refractivity contribution is -0.144. The van der Waals surface area contributed by atoms with E-state index in [-0.39, 0.29) is 5.97 Å². The van der Waals surface area contributed by atoms with E-state index in [1.165, 1.54) is 0 Å². The maximum absolute atomic E-state index is 11.7. The Morgan fingerprint density at radius 3 is 2.82 bits per heavy atom. The third-order valence-electron chi connectivity index (χ3n) is 3.15. The smallest absolute Gasteiger partial charge is 0.310 e. The van der Waals surface area contributed by atoms with Crippen molar-refractivity contribution in [1.29, 1.82) is 0 Å². The number of nitrogens with zero attached hydrogens (tertiary/aromatic N) is 2. The number of aromatic nitrogens is 2. The van der Waals surface area contributed by atoms with Gasteiger partial charge in [-0.1, -0.05) is 6.92 Å². The molecule has 2 heterocycles. The van der Waals surface area contributed by atoms with Crippen LogP contribution in [-0.2, 0) is 21.4 Å². The SMILES string of the molecule is CC[C@@H]1C(=O)OC(c2cncn2C)C1C(=O)Cl. The minimum Gasteiger partial charge on any atom is -0.455 e. The predicted molar refractivity (Wildman–Crippen MR) is 60.2 cm³/mol. The van der Waals surface area contributed by atoms with Gasteiger partial charge in [-0.05, 0) is 18.0 Å². The molecule has 0 radical (unpaired) electrons. The van der Waals surface area contributed by atoms with E-state index in [9.17, 15) is 9.59 Å². The molecule has 0 amide bonds. The molecule has 0 aromatic carbocycles. The van der Waals surface area contributed by atoms with Crippen molar-refractivity contribution in [2.24, 2.45) is 18.9 Å². The summed E-state index contributed by atoms with van der Waals surface area (Å²) in [7, 11) is 1.78. The average molecular weight is 257 g/mol. The number of hydrogen-bond donors (Lipinski definition) is 0. The number of cyclic esters (lactones) is 1. The van der Waals surface area contributed by atoms with Gasteiger partial charge >= 0.3 is 5.97 Å². The largest absolute Gasteiger partial charge is 0.455 e. The standard InChI is InChI=1S/C11H13ClN2O3/c1-3-6-8(10(12)15)9(17-11(6)16)7-4-13-5-14(7)2/h4-6,8-9H,3H2,1-2H3/t6-,8?,9?/m0/s1. The summed E-state index contributed by atoms with van der Waals surface area (Å²) in [5.74, 6) is -1.44. The van der Waals surface area contributed by atoms with E-state index in [1.54, 1.807) is 24.1 Å². The maximum atomic E-state index is 11.7. The van der Waals surface area contributed by atoms with Gasteiger partial charge in [-0.25, -0.2) is 4.98 Å². The highest BCUT2D eigenvalue weighted by Crippen LogP contribution is 2.41. The van der Waals surface area contributed by atoms with E-state index < -0.39 is 23.2 Å². The number of imidazole rings is 1. The summed E-state index contributed by atoms with van der Waals surface area (Å²) in [6, 6.07) is 0. The molecule has 1 fully saturated rings. The van der Waals surface area contributed by atoms with Gasteiger partial charge < -0.3 is 9.30 Å². The molecule has 0 saturated carbocycles. The van der Waals surface area contributed by atoms with Crippen LogP contribution in [0.3, 0.4) is 0 Å². The second-order valence-corrected chi connectivity index (χ2v) is 4.50. The molecule has 2 rings (SSSR count). The Bertz CT molecular complexity index is 457. The second kappa shape index (κ2) is 4.49. The minimum atomic E-state index is -0.621. The van der Waals surface area contributed by atoms with Crippen LogP contribution in [0.5, 0.6) is 0 Å². The third-order valence-corrected chi connectivity index (χ3v) is 3.40. The van der Waals surface area contributed by atoms with Crippen LogP contribution in [0.4, 0.5) is 0 Å². The number of aryl methyl sites for hydroxylation is 1. The van der Waals surface area contributed by atoms with Gasteiger partial charge in [-0.3, -0.25) is 9.59 Å². The van der Waals surface area contributed by atoms with Crippen LogP contribution in [0.15, 0.2) is 12.5 Å². The van der Waals surface area contributed by atoms with Gasteiger partial charge in [-0.2, -0.15) is 0 Å². The van der Waals surface area contributed by atoms with Gasteiger partial charge in [0.25, 0.3) is 0 Å². The highest BCUT2D eigenvalue weighted by atomic mass is 35.5. The summed E-state index contributed by atoms with van der Waals surface area (Å²) < 4.78 is 6.98. The van der Waals surface area contributed by atoms with Crippen molar-refractivity contribution < 1.29 is 14.3 Å². The molecule has 2 unspecified atom stereocenters. The summed E-state index contributed by atoms with van der Waals surface area (Å²) in [6.07, 6.45) is 3.10. The first-order valence-corrected chi connectivity index (χ1v) is 5.80. The molecular weight excluding hydrogens is 244 g/mol. The lowest BCUT2D eigenvalue weighted by Crippen LogP contribution is -2.22. The van der Waals surface area contributed by atoms with Crippen molar-refractivity contribution in [2.75, 3.05) is 0 Å². The minimum absolute atomic E-state index is 0.363. The first-order chi connectivity index (χ1) is 8.06. The molecule has 1 aliphatic heterocycles. The van der Waals surface area contributed by atoms with Crippen LogP contribution in [0.1, 0.15) is 25.1 Å². The van der Waals surface area contributed by atoms with Crippen molar-refractivity contribution in [1.82, 2.24) is 9.55 Å². The summed E-state index contributed by atoms with van der Waals surface area (Å²) in [5, 5.41) is -0.533. The van der Waals surface area contributed by atoms with Gasteiger partial charge in [0.2, 0.25) is 5.24 Å².